The van der Waals surface area contributed by atoms with Crippen molar-refractivity contribution < 1.29 is 0 Å². The first-order chi connectivity index (χ1) is 7.59. The van der Waals surface area contributed by atoms with Crippen LogP contribution in [0.15, 0.2) is 18.6 Å². The number of aromatic nitrogens is 2. The van der Waals surface area contributed by atoms with Crippen LogP contribution < -0.4 is 10.6 Å². The van der Waals surface area contributed by atoms with Gasteiger partial charge in [-0.2, -0.15) is 0 Å². The van der Waals surface area contributed by atoms with Gasteiger partial charge in [-0.3, -0.25) is 0 Å². The molecule has 1 aromatic rings. The maximum Gasteiger partial charge on any atom is 0.131 e. The SMILES string of the molecule is CC(C)CN(CCC(N)=S)c1ccncn1. The summed E-state index contributed by atoms with van der Waals surface area (Å²) in [5.74, 6) is 1.50. The second-order valence-corrected chi connectivity index (χ2v) is 4.65. The minimum absolute atomic E-state index is 0.544. The lowest BCUT2D eigenvalue weighted by Gasteiger charge is -2.25. The largest absolute Gasteiger partial charge is 0.393 e. The van der Waals surface area contributed by atoms with Crippen LogP contribution in [-0.4, -0.2) is 28.0 Å². The molecular formula is C11H18N4S. The minimum Gasteiger partial charge on any atom is -0.393 e. The number of rotatable bonds is 6. The lowest BCUT2D eigenvalue weighted by Crippen LogP contribution is -2.31. The van der Waals surface area contributed by atoms with Gasteiger partial charge in [-0.15, -0.1) is 0 Å². The Morgan fingerprint density at radius 2 is 2.31 bits per heavy atom. The topological polar surface area (TPSA) is 55.0 Å². The van der Waals surface area contributed by atoms with Gasteiger partial charge in [-0.25, -0.2) is 9.97 Å². The Morgan fingerprint density at radius 1 is 1.56 bits per heavy atom. The zero-order valence-electron chi connectivity index (χ0n) is 9.76. The maximum absolute atomic E-state index is 5.52. The van der Waals surface area contributed by atoms with Crippen LogP contribution in [0.5, 0.6) is 0 Å². The zero-order valence-corrected chi connectivity index (χ0v) is 10.6. The van der Waals surface area contributed by atoms with E-state index >= 15 is 0 Å². The first-order valence-corrected chi connectivity index (χ1v) is 5.79. The van der Waals surface area contributed by atoms with E-state index in [9.17, 15) is 0 Å². The van der Waals surface area contributed by atoms with Crippen molar-refractivity contribution in [3.63, 3.8) is 0 Å². The molecule has 0 aliphatic heterocycles. The molecule has 0 radical (unpaired) electrons. The molecule has 1 rings (SSSR count). The molecule has 5 heteroatoms. The predicted octanol–water partition coefficient (Wildman–Crippen LogP) is 1.62. The molecular weight excluding hydrogens is 220 g/mol. The van der Waals surface area contributed by atoms with E-state index in [0.717, 1.165) is 18.9 Å². The molecule has 0 bridgehead atoms. The van der Waals surface area contributed by atoms with Crippen molar-refractivity contribution in [1.82, 2.24) is 9.97 Å². The molecule has 0 aliphatic rings. The summed E-state index contributed by atoms with van der Waals surface area (Å²) >= 11 is 4.90. The van der Waals surface area contributed by atoms with Gasteiger partial charge in [0.1, 0.15) is 12.1 Å². The van der Waals surface area contributed by atoms with Crippen LogP contribution in [0.4, 0.5) is 5.82 Å². The molecule has 1 heterocycles. The van der Waals surface area contributed by atoms with Crippen LogP contribution in [0.1, 0.15) is 20.3 Å². The molecule has 0 aliphatic carbocycles. The molecule has 0 saturated heterocycles. The Balaban J connectivity index is 2.67. The zero-order chi connectivity index (χ0) is 12.0. The summed E-state index contributed by atoms with van der Waals surface area (Å²) in [5.41, 5.74) is 5.52. The lowest BCUT2D eigenvalue weighted by atomic mass is 10.2. The fourth-order valence-electron chi connectivity index (χ4n) is 1.46. The molecule has 0 amide bonds. The number of thiocarbonyl (C=S) groups is 1. The van der Waals surface area contributed by atoms with Gasteiger partial charge in [0.05, 0.1) is 4.99 Å². The summed E-state index contributed by atoms with van der Waals surface area (Å²) in [6, 6.07) is 1.90. The number of nitrogens with two attached hydrogens (primary N) is 1. The molecule has 0 fully saturated rings. The highest BCUT2D eigenvalue weighted by molar-refractivity contribution is 7.80. The number of hydrogen-bond acceptors (Lipinski definition) is 4. The van der Waals surface area contributed by atoms with Crippen LogP contribution in [0.3, 0.4) is 0 Å². The number of hydrogen-bond donors (Lipinski definition) is 1. The monoisotopic (exact) mass is 238 g/mol. The smallest absolute Gasteiger partial charge is 0.131 e. The van der Waals surface area contributed by atoms with Gasteiger partial charge in [0.15, 0.2) is 0 Å². The van der Waals surface area contributed by atoms with Crippen LogP contribution in [-0.2, 0) is 0 Å². The van der Waals surface area contributed by atoms with E-state index in [0.29, 0.717) is 17.3 Å². The third-order valence-corrected chi connectivity index (χ3v) is 2.31. The highest BCUT2D eigenvalue weighted by Crippen LogP contribution is 2.11. The second kappa shape index (κ2) is 6.37. The Hall–Kier alpha value is -1.23. The first-order valence-electron chi connectivity index (χ1n) is 5.39. The van der Waals surface area contributed by atoms with Crippen molar-refractivity contribution in [3.05, 3.63) is 18.6 Å². The fourth-order valence-corrected chi connectivity index (χ4v) is 1.55. The van der Waals surface area contributed by atoms with E-state index in [4.69, 9.17) is 18.0 Å². The Labute approximate surface area is 102 Å². The van der Waals surface area contributed by atoms with Crippen molar-refractivity contribution in [2.45, 2.75) is 20.3 Å². The predicted molar refractivity (Wildman–Crippen MR) is 70.5 cm³/mol. The van der Waals surface area contributed by atoms with E-state index in [1.165, 1.54) is 0 Å². The van der Waals surface area contributed by atoms with Crippen molar-refractivity contribution in [1.29, 1.82) is 0 Å². The van der Waals surface area contributed by atoms with Crippen molar-refractivity contribution >= 4 is 23.0 Å². The first kappa shape index (κ1) is 12.8. The van der Waals surface area contributed by atoms with Crippen LogP contribution in [0, 0.1) is 5.92 Å². The van der Waals surface area contributed by atoms with Crippen molar-refractivity contribution in [3.8, 4) is 0 Å². The number of anilines is 1. The van der Waals surface area contributed by atoms with E-state index < -0.39 is 0 Å². The summed E-state index contributed by atoms with van der Waals surface area (Å²) < 4.78 is 0. The Morgan fingerprint density at radius 3 is 2.81 bits per heavy atom. The molecule has 0 spiro atoms. The molecule has 2 N–H and O–H groups in total. The Kier molecular flexibility index (Phi) is 5.11. The van der Waals surface area contributed by atoms with E-state index in [2.05, 4.69) is 28.7 Å². The van der Waals surface area contributed by atoms with Gasteiger partial charge >= 0.3 is 0 Å². The summed E-state index contributed by atoms with van der Waals surface area (Å²) in [4.78, 5) is 10.9. The van der Waals surface area contributed by atoms with Crippen LogP contribution in [0.25, 0.3) is 0 Å². The molecule has 4 nitrogen and oxygen atoms in total. The second-order valence-electron chi connectivity index (χ2n) is 4.12. The van der Waals surface area contributed by atoms with Gasteiger partial charge < -0.3 is 10.6 Å². The number of nitrogens with zero attached hydrogens (tertiary/aromatic N) is 3. The van der Waals surface area contributed by atoms with Gasteiger partial charge in [0, 0.05) is 25.7 Å². The van der Waals surface area contributed by atoms with E-state index in [1.807, 2.05) is 6.07 Å². The minimum atomic E-state index is 0.544. The van der Waals surface area contributed by atoms with Gasteiger partial charge in [-0.1, -0.05) is 26.1 Å². The quantitative estimate of drug-likeness (QED) is 0.763. The van der Waals surface area contributed by atoms with Gasteiger partial charge in [0.25, 0.3) is 0 Å². The summed E-state index contributed by atoms with van der Waals surface area (Å²) in [6.07, 6.45) is 4.02. The average Bonchev–Trinajstić information content (AvgIpc) is 2.25. The van der Waals surface area contributed by atoms with E-state index in [-0.39, 0.29) is 0 Å². The normalized spacial score (nSPS) is 10.4. The molecule has 0 atom stereocenters. The summed E-state index contributed by atoms with van der Waals surface area (Å²) in [5, 5.41) is 0. The van der Waals surface area contributed by atoms with Gasteiger partial charge in [-0.05, 0) is 12.0 Å². The molecule has 0 saturated carbocycles. The highest BCUT2D eigenvalue weighted by atomic mass is 32.1. The maximum atomic E-state index is 5.52. The van der Waals surface area contributed by atoms with Crippen molar-refractivity contribution in [2.75, 3.05) is 18.0 Å². The average molecular weight is 238 g/mol. The molecule has 88 valence electrons. The standard InChI is InChI=1S/C11H18N4S/c1-9(2)7-15(6-4-10(12)16)11-3-5-13-8-14-11/h3,5,8-9H,4,6-7H2,1-2H3,(H2,12,16). The molecule has 16 heavy (non-hydrogen) atoms. The highest BCUT2D eigenvalue weighted by Gasteiger charge is 2.09. The fraction of sp³-hybridized carbons (Fsp3) is 0.545. The lowest BCUT2D eigenvalue weighted by molar-refractivity contribution is 0.609. The van der Waals surface area contributed by atoms with Gasteiger partial charge in [0.2, 0.25) is 0 Å². The van der Waals surface area contributed by atoms with Crippen molar-refractivity contribution in [2.24, 2.45) is 11.7 Å². The Bertz CT molecular complexity index is 326. The molecule has 1 aromatic heterocycles. The third-order valence-electron chi connectivity index (χ3n) is 2.10. The summed E-state index contributed by atoms with van der Waals surface area (Å²) in [7, 11) is 0. The molecule has 0 unspecified atom stereocenters. The molecule has 0 aromatic carbocycles. The van der Waals surface area contributed by atoms with E-state index in [1.54, 1.807) is 12.5 Å². The summed E-state index contributed by atoms with van der Waals surface area (Å²) in [6.45, 7) is 6.11. The van der Waals surface area contributed by atoms with Crippen LogP contribution >= 0.6 is 12.2 Å². The third kappa shape index (κ3) is 4.53. The van der Waals surface area contributed by atoms with Crippen LogP contribution in [0.2, 0.25) is 0 Å².